The lowest BCUT2D eigenvalue weighted by atomic mass is 10.5. The smallest absolute Gasteiger partial charge is 0.305 e. The molecular weight excluding hydrogens is 218 g/mol. The number of aromatic amines is 1. The first kappa shape index (κ1) is 12.0. The summed E-state index contributed by atoms with van der Waals surface area (Å²) >= 11 is 5.53. The van der Waals surface area contributed by atoms with E-state index in [0.717, 1.165) is 11.1 Å². The van der Waals surface area contributed by atoms with E-state index in [1.165, 1.54) is 6.07 Å². The molecule has 0 unspecified atom stereocenters. The first-order chi connectivity index (χ1) is 7.04. The average molecular weight is 232 g/mol. The third-order valence-corrected chi connectivity index (χ3v) is 2.44. The van der Waals surface area contributed by atoms with Gasteiger partial charge in [0, 0.05) is 19.2 Å². The maximum absolute atomic E-state index is 11.4. The molecule has 0 fully saturated rings. The molecule has 1 rings (SSSR count). The fourth-order valence-electron chi connectivity index (χ4n) is 1.13. The Labute approximate surface area is 92.3 Å². The van der Waals surface area contributed by atoms with Crippen LogP contribution in [0.25, 0.3) is 0 Å². The van der Waals surface area contributed by atoms with Gasteiger partial charge in [-0.3, -0.25) is 14.3 Å². The highest BCUT2D eigenvalue weighted by Gasteiger charge is 2.03. The van der Waals surface area contributed by atoms with Crippen molar-refractivity contribution < 1.29 is 0 Å². The van der Waals surface area contributed by atoms with Gasteiger partial charge in [0.1, 0.15) is 5.15 Å². The van der Waals surface area contributed by atoms with Crippen molar-refractivity contribution in [3.8, 4) is 0 Å². The van der Waals surface area contributed by atoms with Crippen molar-refractivity contribution in [3.05, 3.63) is 32.1 Å². The van der Waals surface area contributed by atoms with Crippen LogP contribution in [0.5, 0.6) is 0 Å². The van der Waals surface area contributed by atoms with Crippen molar-refractivity contribution >= 4 is 11.6 Å². The predicted octanol–water partition coefficient (Wildman–Crippen LogP) is 0.142. The van der Waals surface area contributed by atoms with E-state index in [1.807, 2.05) is 18.9 Å². The maximum Gasteiger partial charge on any atom is 0.329 e. The van der Waals surface area contributed by atoms with Gasteiger partial charge < -0.3 is 4.90 Å². The fraction of sp³-hybridized carbons (Fsp3) is 0.556. The second-order valence-corrected chi connectivity index (χ2v) is 3.72. The third kappa shape index (κ3) is 3.21. The van der Waals surface area contributed by atoms with Crippen LogP contribution < -0.4 is 11.2 Å². The van der Waals surface area contributed by atoms with Crippen LogP contribution in [0.3, 0.4) is 0 Å². The van der Waals surface area contributed by atoms with Gasteiger partial charge in [-0.2, -0.15) is 0 Å². The average Bonchev–Trinajstić information content (AvgIpc) is 2.15. The van der Waals surface area contributed by atoms with Gasteiger partial charge in [0.15, 0.2) is 0 Å². The van der Waals surface area contributed by atoms with Crippen LogP contribution in [0, 0.1) is 0 Å². The molecule has 0 aromatic carbocycles. The summed E-state index contributed by atoms with van der Waals surface area (Å²) in [6.07, 6.45) is 0. The quantitative estimate of drug-likeness (QED) is 0.750. The highest BCUT2D eigenvalue weighted by Crippen LogP contribution is 1.93. The second-order valence-electron chi connectivity index (χ2n) is 3.31. The van der Waals surface area contributed by atoms with Crippen molar-refractivity contribution in [2.75, 3.05) is 20.1 Å². The van der Waals surface area contributed by atoms with E-state index in [4.69, 9.17) is 11.6 Å². The van der Waals surface area contributed by atoms with Gasteiger partial charge in [-0.25, -0.2) is 4.79 Å². The molecule has 0 saturated carbocycles. The van der Waals surface area contributed by atoms with E-state index in [9.17, 15) is 9.59 Å². The molecule has 15 heavy (non-hydrogen) atoms. The maximum atomic E-state index is 11.4. The summed E-state index contributed by atoms with van der Waals surface area (Å²) in [7, 11) is 1.93. The topological polar surface area (TPSA) is 58.1 Å². The molecular formula is C9H14ClN3O2. The Kier molecular flexibility index (Phi) is 4.11. The molecule has 0 aliphatic carbocycles. The molecule has 0 aliphatic rings. The summed E-state index contributed by atoms with van der Waals surface area (Å²) in [4.78, 5) is 27.2. The normalized spacial score (nSPS) is 10.9. The highest BCUT2D eigenvalue weighted by atomic mass is 35.5. The fourth-order valence-corrected chi connectivity index (χ4v) is 1.31. The zero-order chi connectivity index (χ0) is 11.4. The summed E-state index contributed by atoms with van der Waals surface area (Å²) < 4.78 is 1.14. The van der Waals surface area contributed by atoms with E-state index in [-0.39, 0.29) is 10.7 Å². The third-order valence-electron chi connectivity index (χ3n) is 2.23. The van der Waals surface area contributed by atoms with Gasteiger partial charge in [-0.05, 0) is 13.6 Å². The van der Waals surface area contributed by atoms with E-state index in [1.54, 1.807) is 0 Å². The Hall–Kier alpha value is -1.07. The van der Waals surface area contributed by atoms with Gasteiger partial charge in [0.25, 0.3) is 5.56 Å². The van der Waals surface area contributed by atoms with Gasteiger partial charge in [0.2, 0.25) is 0 Å². The van der Waals surface area contributed by atoms with Gasteiger partial charge >= 0.3 is 5.69 Å². The monoisotopic (exact) mass is 231 g/mol. The zero-order valence-electron chi connectivity index (χ0n) is 8.79. The van der Waals surface area contributed by atoms with Crippen LogP contribution in [-0.2, 0) is 6.54 Å². The molecule has 1 aromatic heterocycles. The molecule has 5 nitrogen and oxygen atoms in total. The summed E-state index contributed by atoms with van der Waals surface area (Å²) in [5.74, 6) is 0. The first-order valence-electron chi connectivity index (χ1n) is 4.72. The number of rotatable bonds is 4. The number of hydrogen-bond donors (Lipinski definition) is 1. The molecule has 84 valence electrons. The minimum absolute atomic E-state index is 0.0742. The Bertz CT molecular complexity index is 406. The van der Waals surface area contributed by atoms with Crippen LogP contribution >= 0.6 is 11.6 Å². The standard InChI is InChI=1S/C9H14ClN3O2/c1-3-12(2)4-5-13-8(14)6-7(10)11-9(13)15/h6H,3-5H2,1-2H3,(H,11,15). The summed E-state index contributed by atoms with van der Waals surface area (Å²) in [6.45, 7) is 3.91. The summed E-state index contributed by atoms with van der Waals surface area (Å²) in [6, 6.07) is 1.20. The number of H-pyrrole nitrogens is 1. The molecule has 0 amide bonds. The minimum Gasteiger partial charge on any atom is -0.305 e. The lowest BCUT2D eigenvalue weighted by Crippen LogP contribution is -2.37. The van der Waals surface area contributed by atoms with Crippen LogP contribution in [0.15, 0.2) is 15.7 Å². The molecule has 6 heteroatoms. The minimum atomic E-state index is -0.461. The Morgan fingerprint density at radius 3 is 2.73 bits per heavy atom. The van der Waals surface area contributed by atoms with Crippen molar-refractivity contribution in [2.45, 2.75) is 13.5 Å². The summed E-state index contributed by atoms with van der Waals surface area (Å²) in [5.41, 5.74) is -0.828. The first-order valence-corrected chi connectivity index (χ1v) is 5.10. The second kappa shape index (κ2) is 5.14. The van der Waals surface area contributed by atoms with Gasteiger partial charge in [0.05, 0.1) is 0 Å². The van der Waals surface area contributed by atoms with E-state index in [0.29, 0.717) is 13.1 Å². The number of likely N-dealkylation sites (N-methyl/N-ethyl adjacent to an activating group) is 1. The van der Waals surface area contributed by atoms with Crippen LogP contribution in [0.2, 0.25) is 5.15 Å². The number of nitrogens with one attached hydrogen (secondary N) is 1. The molecule has 0 aliphatic heterocycles. The zero-order valence-corrected chi connectivity index (χ0v) is 9.54. The molecule has 0 spiro atoms. The van der Waals surface area contributed by atoms with Crippen molar-refractivity contribution in [1.29, 1.82) is 0 Å². The van der Waals surface area contributed by atoms with Crippen LogP contribution in [0.4, 0.5) is 0 Å². The molecule has 0 bridgehead atoms. The molecule has 1 aromatic rings. The molecule has 1 heterocycles. The van der Waals surface area contributed by atoms with Crippen molar-refractivity contribution in [1.82, 2.24) is 14.5 Å². The molecule has 0 radical (unpaired) electrons. The lowest BCUT2D eigenvalue weighted by Gasteiger charge is -2.13. The Morgan fingerprint density at radius 2 is 2.20 bits per heavy atom. The SMILES string of the molecule is CCN(C)CCn1c(=O)cc(Cl)[nH]c1=O. The number of halogens is 1. The Morgan fingerprint density at radius 1 is 1.53 bits per heavy atom. The number of aromatic nitrogens is 2. The summed E-state index contributed by atoms with van der Waals surface area (Å²) in [5, 5.41) is 0.0742. The largest absolute Gasteiger partial charge is 0.329 e. The van der Waals surface area contributed by atoms with E-state index in [2.05, 4.69) is 4.98 Å². The number of nitrogens with zero attached hydrogens (tertiary/aromatic N) is 2. The lowest BCUT2D eigenvalue weighted by molar-refractivity contribution is 0.330. The van der Waals surface area contributed by atoms with Crippen molar-refractivity contribution in [3.63, 3.8) is 0 Å². The molecule has 0 saturated heterocycles. The predicted molar refractivity (Wildman–Crippen MR) is 59.5 cm³/mol. The molecule has 0 atom stereocenters. The van der Waals surface area contributed by atoms with Gasteiger partial charge in [-0.15, -0.1) is 0 Å². The van der Waals surface area contributed by atoms with E-state index >= 15 is 0 Å². The highest BCUT2D eigenvalue weighted by molar-refractivity contribution is 6.29. The number of hydrogen-bond acceptors (Lipinski definition) is 3. The molecule has 1 N–H and O–H groups in total. The van der Waals surface area contributed by atoms with E-state index < -0.39 is 5.69 Å². The van der Waals surface area contributed by atoms with Gasteiger partial charge in [-0.1, -0.05) is 18.5 Å². The Balaban J connectivity index is 2.87. The van der Waals surface area contributed by atoms with Crippen molar-refractivity contribution in [2.24, 2.45) is 0 Å². The van der Waals surface area contributed by atoms with Crippen LogP contribution in [-0.4, -0.2) is 34.6 Å². The van der Waals surface area contributed by atoms with Crippen LogP contribution in [0.1, 0.15) is 6.92 Å².